The lowest BCUT2D eigenvalue weighted by molar-refractivity contribution is 0.103. The first-order chi connectivity index (χ1) is 10.7. The van der Waals surface area contributed by atoms with Gasteiger partial charge in [-0.15, -0.1) is 0 Å². The van der Waals surface area contributed by atoms with Crippen LogP contribution in [0.1, 0.15) is 21.5 Å². The van der Waals surface area contributed by atoms with Gasteiger partial charge in [-0.2, -0.15) is 0 Å². The average molecular weight is 357 g/mol. The largest absolute Gasteiger partial charge is 0.772 e. The number of H-pyrrole nitrogens is 1. The molecule has 1 aromatic carbocycles. The van der Waals surface area contributed by atoms with E-state index in [1.165, 1.54) is 30.1 Å². The number of rotatable bonds is 5. The normalized spacial score (nSPS) is 12.2. The van der Waals surface area contributed by atoms with E-state index >= 15 is 0 Å². The Hall–Kier alpha value is -1.90. The fraction of sp³-hybridized carbons (Fsp3) is 0.286. The summed E-state index contributed by atoms with van der Waals surface area (Å²) in [6.45, 7) is 0. The summed E-state index contributed by atoms with van der Waals surface area (Å²) < 4.78 is 23.1. The molecule has 23 heavy (non-hydrogen) atoms. The Morgan fingerprint density at radius 1 is 1.39 bits per heavy atom. The van der Waals surface area contributed by atoms with Crippen LogP contribution in [0, 0.1) is 0 Å². The van der Waals surface area contributed by atoms with E-state index in [-0.39, 0.29) is 21.9 Å². The van der Waals surface area contributed by atoms with Gasteiger partial charge in [-0.25, -0.2) is 0 Å². The number of hydrogen-bond donors (Lipinski definition) is 1. The van der Waals surface area contributed by atoms with Gasteiger partial charge >= 0.3 is 0 Å². The smallest absolute Gasteiger partial charge is 0.277 e. The molecular weight excluding hydrogens is 342 g/mol. The van der Waals surface area contributed by atoms with Crippen LogP contribution >= 0.6 is 11.6 Å². The van der Waals surface area contributed by atoms with Crippen LogP contribution in [0.25, 0.3) is 0 Å². The van der Waals surface area contributed by atoms with Gasteiger partial charge in [0.1, 0.15) is 5.56 Å². The maximum Gasteiger partial charge on any atom is 0.277 e. The molecule has 2 aromatic rings. The first kappa shape index (κ1) is 17.5. The molecule has 0 radical (unpaired) electrons. The molecule has 0 amide bonds. The Bertz CT molecular complexity index is 841. The number of anilines is 1. The number of aromatic nitrogens is 2. The van der Waals surface area contributed by atoms with Crippen molar-refractivity contribution in [1.82, 2.24) is 9.78 Å². The number of carbonyl (C=O) groups is 1. The third-order valence-corrected chi connectivity index (χ3v) is 4.28. The van der Waals surface area contributed by atoms with Crippen molar-refractivity contribution in [2.45, 2.75) is 5.75 Å². The summed E-state index contributed by atoms with van der Waals surface area (Å²) in [5.74, 6) is -0.733. The predicted molar refractivity (Wildman–Crippen MR) is 87.9 cm³/mol. The number of nitrogens with zero attached hydrogens (tertiary/aromatic N) is 2. The third kappa shape index (κ3) is 3.39. The van der Waals surface area contributed by atoms with Gasteiger partial charge in [0.2, 0.25) is 5.78 Å². The molecule has 1 N–H and O–H groups in total. The van der Waals surface area contributed by atoms with Gasteiger partial charge in [0.05, 0.1) is 10.7 Å². The molecule has 0 aliphatic carbocycles. The van der Waals surface area contributed by atoms with Crippen LogP contribution in [-0.2, 0) is 23.9 Å². The summed E-state index contributed by atoms with van der Waals surface area (Å²) in [4.78, 5) is 26.1. The molecule has 0 aliphatic heterocycles. The molecule has 1 atom stereocenters. The first-order valence-corrected chi connectivity index (χ1v) is 8.20. The SMILES string of the molecule is CN(C)c1c(CS(=O)[O-])ccc(C(=O)c2c[nH]n(C)c2=O)c1Cl. The van der Waals surface area contributed by atoms with Gasteiger partial charge in [-0.3, -0.25) is 18.5 Å². The Kier molecular flexibility index (Phi) is 5.08. The fourth-order valence-corrected chi connectivity index (χ4v) is 3.20. The highest BCUT2D eigenvalue weighted by atomic mass is 35.5. The fourth-order valence-electron chi connectivity index (χ4n) is 2.28. The van der Waals surface area contributed by atoms with Gasteiger partial charge in [0, 0.05) is 38.7 Å². The summed E-state index contributed by atoms with van der Waals surface area (Å²) in [5.41, 5.74) is 0.579. The Balaban J connectivity index is 2.58. The molecule has 0 saturated heterocycles. The van der Waals surface area contributed by atoms with E-state index in [1.54, 1.807) is 19.0 Å². The van der Waals surface area contributed by atoms with Gasteiger partial charge < -0.3 is 14.6 Å². The minimum Gasteiger partial charge on any atom is -0.772 e. The maximum atomic E-state index is 12.6. The number of aromatic amines is 1. The van der Waals surface area contributed by atoms with Crippen LogP contribution in [0.3, 0.4) is 0 Å². The Morgan fingerprint density at radius 2 is 2.04 bits per heavy atom. The maximum absolute atomic E-state index is 12.6. The standard InChI is InChI=1S/C14H16ClN3O4S/c1-17(2)12-8(7-23(21)22)4-5-9(11(12)15)13(19)10-6-16-18(3)14(10)20/h4-6,16H,7H2,1-3H3,(H,21,22)/p-1. The van der Waals surface area contributed by atoms with Gasteiger partial charge in [0.25, 0.3) is 5.56 Å². The number of halogens is 1. The van der Waals surface area contributed by atoms with Crippen LogP contribution in [0.15, 0.2) is 23.1 Å². The second kappa shape index (κ2) is 6.69. The van der Waals surface area contributed by atoms with Crippen molar-refractivity contribution in [2.75, 3.05) is 19.0 Å². The molecule has 0 aliphatic rings. The molecule has 0 spiro atoms. The van der Waals surface area contributed by atoms with Crippen LogP contribution < -0.4 is 10.5 Å². The molecule has 7 nitrogen and oxygen atoms in total. The Labute approximate surface area is 140 Å². The summed E-state index contributed by atoms with van der Waals surface area (Å²) in [5, 5.41) is 2.75. The zero-order valence-corrected chi connectivity index (χ0v) is 14.3. The van der Waals surface area contributed by atoms with Crippen molar-refractivity contribution < 1.29 is 13.6 Å². The lowest BCUT2D eigenvalue weighted by atomic mass is 10.0. The van der Waals surface area contributed by atoms with E-state index < -0.39 is 22.4 Å². The second-order valence-electron chi connectivity index (χ2n) is 5.16. The molecule has 0 bridgehead atoms. The predicted octanol–water partition coefficient (Wildman–Crippen LogP) is 1.04. The number of benzene rings is 1. The van der Waals surface area contributed by atoms with E-state index in [2.05, 4.69) is 5.10 Å². The summed E-state index contributed by atoms with van der Waals surface area (Å²) >= 11 is 4.03. The quantitative estimate of drug-likeness (QED) is 0.637. The lowest BCUT2D eigenvalue weighted by Crippen LogP contribution is -2.20. The summed E-state index contributed by atoms with van der Waals surface area (Å²) in [7, 11) is 4.89. The van der Waals surface area contributed by atoms with Crippen molar-refractivity contribution in [3.8, 4) is 0 Å². The van der Waals surface area contributed by atoms with Crippen LogP contribution in [-0.4, -0.2) is 38.4 Å². The number of carbonyl (C=O) groups excluding carboxylic acids is 1. The molecule has 1 heterocycles. The molecule has 2 rings (SSSR count). The minimum atomic E-state index is -2.28. The Morgan fingerprint density at radius 3 is 2.52 bits per heavy atom. The highest BCUT2D eigenvalue weighted by Gasteiger charge is 2.22. The third-order valence-electron chi connectivity index (χ3n) is 3.35. The topological polar surface area (TPSA) is 98.2 Å². The zero-order valence-electron chi connectivity index (χ0n) is 12.8. The van der Waals surface area contributed by atoms with Crippen molar-refractivity contribution in [1.29, 1.82) is 0 Å². The molecule has 9 heteroatoms. The van der Waals surface area contributed by atoms with E-state index in [1.807, 2.05) is 0 Å². The molecule has 0 fully saturated rings. The van der Waals surface area contributed by atoms with Crippen LogP contribution in [0.2, 0.25) is 5.02 Å². The van der Waals surface area contributed by atoms with Gasteiger partial charge in [-0.05, 0) is 11.6 Å². The zero-order chi connectivity index (χ0) is 17.3. The van der Waals surface area contributed by atoms with Crippen molar-refractivity contribution in [2.24, 2.45) is 7.05 Å². The number of nitrogens with one attached hydrogen (secondary N) is 1. The van der Waals surface area contributed by atoms with E-state index in [0.29, 0.717) is 11.3 Å². The summed E-state index contributed by atoms with van der Waals surface area (Å²) in [6, 6.07) is 2.97. The van der Waals surface area contributed by atoms with Crippen molar-refractivity contribution in [3.63, 3.8) is 0 Å². The average Bonchev–Trinajstić information content (AvgIpc) is 2.77. The first-order valence-electron chi connectivity index (χ1n) is 6.57. The van der Waals surface area contributed by atoms with E-state index in [4.69, 9.17) is 11.6 Å². The molecule has 1 unspecified atom stereocenters. The highest BCUT2D eigenvalue weighted by molar-refractivity contribution is 7.78. The van der Waals surface area contributed by atoms with Gasteiger partial charge in [0.15, 0.2) is 0 Å². The highest BCUT2D eigenvalue weighted by Crippen LogP contribution is 2.33. The van der Waals surface area contributed by atoms with Gasteiger partial charge in [-0.1, -0.05) is 28.7 Å². The van der Waals surface area contributed by atoms with Crippen LogP contribution in [0.4, 0.5) is 5.69 Å². The van der Waals surface area contributed by atoms with Crippen LogP contribution in [0.5, 0.6) is 0 Å². The number of aryl methyl sites for hydroxylation is 1. The molecule has 124 valence electrons. The molecule has 1 aromatic heterocycles. The van der Waals surface area contributed by atoms with Crippen molar-refractivity contribution in [3.05, 3.63) is 50.4 Å². The monoisotopic (exact) mass is 356 g/mol. The summed E-state index contributed by atoms with van der Waals surface area (Å²) in [6.07, 6.45) is 1.32. The van der Waals surface area contributed by atoms with E-state index in [0.717, 1.165) is 0 Å². The second-order valence-corrected chi connectivity index (χ2v) is 6.43. The molecule has 0 saturated carbocycles. The van der Waals surface area contributed by atoms with Crippen molar-refractivity contribution >= 4 is 34.2 Å². The lowest BCUT2D eigenvalue weighted by Gasteiger charge is -2.21. The van der Waals surface area contributed by atoms with E-state index in [9.17, 15) is 18.4 Å². The minimum absolute atomic E-state index is 0.0285. The molecular formula is C14H15ClN3O4S-. The number of ketones is 1. The number of hydrogen-bond acceptors (Lipinski definition) is 5.